The smallest absolute Gasteiger partial charge is 0.339 e. The van der Waals surface area contributed by atoms with E-state index in [1.165, 1.54) is 35.1 Å². The molecule has 0 spiro atoms. The third-order valence-electron chi connectivity index (χ3n) is 4.29. The molecule has 6 nitrogen and oxygen atoms in total. The van der Waals surface area contributed by atoms with Crippen molar-refractivity contribution >= 4 is 29.7 Å². The van der Waals surface area contributed by atoms with Crippen molar-refractivity contribution in [3.05, 3.63) is 0 Å². The number of ether oxygens (including phenoxy) is 1. The normalized spacial score (nSPS) is 30.9. The Bertz CT molecular complexity index is 450. The highest BCUT2D eigenvalue weighted by atomic mass is 32.2. The summed E-state index contributed by atoms with van der Waals surface area (Å²) < 4.78 is 4.72. The summed E-state index contributed by atoms with van der Waals surface area (Å²) in [7, 11) is 1.30. The number of carbonyl (C=O) groups excluding carboxylic acids is 3. The first-order valence-electron chi connectivity index (χ1n) is 7.00. The molecular formula is C13H18N2O4S. The number of methoxy groups -OCH3 is 1. The van der Waals surface area contributed by atoms with Crippen molar-refractivity contribution < 1.29 is 19.1 Å². The van der Waals surface area contributed by atoms with Gasteiger partial charge in [0.1, 0.15) is 6.04 Å². The molecule has 20 heavy (non-hydrogen) atoms. The molecular weight excluding hydrogens is 280 g/mol. The highest BCUT2D eigenvalue weighted by Crippen LogP contribution is 2.38. The Morgan fingerprint density at radius 2 is 1.95 bits per heavy atom. The lowest BCUT2D eigenvalue weighted by atomic mass is 9.94. The van der Waals surface area contributed by atoms with Crippen LogP contribution < -0.4 is 0 Å². The summed E-state index contributed by atoms with van der Waals surface area (Å²) in [6.07, 6.45) is 5.05. The molecule has 2 atom stereocenters. The molecule has 1 aliphatic carbocycles. The zero-order valence-corrected chi connectivity index (χ0v) is 12.2. The lowest BCUT2D eigenvalue weighted by Gasteiger charge is -2.30. The highest BCUT2D eigenvalue weighted by Gasteiger charge is 2.56. The summed E-state index contributed by atoms with van der Waals surface area (Å²) in [4.78, 5) is 39.5. The number of rotatable bonds is 2. The first-order valence-corrected chi connectivity index (χ1v) is 8.05. The van der Waals surface area contributed by atoms with Crippen molar-refractivity contribution in [2.75, 3.05) is 12.9 Å². The van der Waals surface area contributed by atoms with Crippen molar-refractivity contribution in [1.82, 2.24) is 9.80 Å². The molecule has 3 aliphatic rings. The van der Waals surface area contributed by atoms with Gasteiger partial charge in [0.2, 0.25) is 0 Å². The Labute approximate surface area is 121 Å². The third-order valence-corrected chi connectivity index (χ3v) is 5.54. The number of esters is 1. The lowest BCUT2D eigenvalue weighted by Crippen LogP contribution is -2.45. The van der Waals surface area contributed by atoms with Crippen LogP contribution in [0.3, 0.4) is 0 Å². The van der Waals surface area contributed by atoms with Crippen LogP contribution in [-0.2, 0) is 14.3 Å². The largest absolute Gasteiger partial charge is 0.467 e. The lowest BCUT2D eigenvalue weighted by molar-refractivity contribution is -0.142. The Morgan fingerprint density at radius 1 is 1.25 bits per heavy atom. The number of thioether (sulfide) groups is 1. The van der Waals surface area contributed by atoms with E-state index in [-0.39, 0.29) is 18.0 Å². The molecule has 0 aromatic carbocycles. The molecule has 3 rings (SSSR count). The first kappa shape index (κ1) is 13.7. The summed E-state index contributed by atoms with van der Waals surface area (Å²) in [6.45, 7) is 0. The number of urea groups is 1. The Kier molecular flexibility index (Phi) is 3.62. The van der Waals surface area contributed by atoms with E-state index in [2.05, 4.69) is 0 Å². The van der Waals surface area contributed by atoms with Gasteiger partial charge in [-0.3, -0.25) is 14.6 Å². The van der Waals surface area contributed by atoms with Gasteiger partial charge in [-0.2, -0.15) is 0 Å². The van der Waals surface area contributed by atoms with Crippen molar-refractivity contribution in [3.63, 3.8) is 0 Å². The van der Waals surface area contributed by atoms with Crippen LogP contribution in [-0.4, -0.2) is 58.0 Å². The SMILES string of the molecule is COC(=O)C1SC[C@H]2C(=O)N(C3CCCCC3)C(=O)N12. The van der Waals surface area contributed by atoms with E-state index in [4.69, 9.17) is 4.74 Å². The van der Waals surface area contributed by atoms with Crippen molar-refractivity contribution in [1.29, 1.82) is 0 Å². The highest BCUT2D eigenvalue weighted by molar-refractivity contribution is 8.00. The molecule has 2 saturated heterocycles. The van der Waals surface area contributed by atoms with Crippen LogP contribution in [0, 0.1) is 0 Å². The van der Waals surface area contributed by atoms with E-state index in [9.17, 15) is 14.4 Å². The quantitative estimate of drug-likeness (QED) is 0.566. The van der Waals surface area contributed by atoms with Gasteiger partial charge in [0, 0.05) is 11.8 Å². The average molecular weight is 298 g/mol. The van der Waals surface area contributed by atoms with Gasteiger partial charge in [0.05, 0.1) is 7.11 Å². The van der Waals surface area contributed by atoms with Gasteiger partial charge in [-0.05, 0) is 12.8 Å². The van der Waals surface area contributed by atoms with Crippen LogP contribution in [0.15, 0.2) is 0 Å². The van der Waals surface area contributed by atoms with Crippen LogP contribution >= 0.6 is 11.8 Å². The number of amides is 3. The second-order valence-corrected chi connectivity index (χ2v) is 6.53. The summed E-state index contributed by atoms with van der Waals surface area (Å²) >= 11 is 1.31. The van der Waals surface area contributed by atoms with E-state index >= 15 is 0 Å². The van der Waals surface area contributed by atoms with Gasteiger partial charge in [0.15, 0.2) is 5.37 Å². The molecule has 3 fully saturated rings. The number of hydrogen-bond acceptors (Lipinski definition) is 5. The molecule has 0 aromatic rings. The van der Waals surface area contributed by atoms with Crippen LogP contribution in [0.1, 0.15) is 32.1 Å². The maximum absolute atomic E-state index is 12.5. The van der Waals surface area contributed by atoms with Crippen LogP contribution in [0.25, 0.3) is 0 Å². The van der Waals surface area contributed by atoms with Gasteiger partial charge in [0.25, 0.3) is 5.91 Å². The number of fused-ring (bicyclic) bond motifs is 1. The molecule has 0 N–H and O–H groups in total. The second-order valence-electron chi connectivity index (χ2n) is 5.41. The maximum Gasteiger partial charge on any atom is 0.339 e. The minimum atomic E-state index is -0.671. The van der Waals surface area contributed by atoms with Gasteiger partial charge in [-0.25, -0.2) is 9.59 Å². The Morgan fingerprint density at radius 3 is 2.60 bits per heavy atom. The summed E-state index contributed by atoms with van der Waals surface area (Å²) in [5.41, 5.74) is 0. The van der Waals surface area contributed by atoms with Crippen molar-refractivity contribution in [2.45, 2.75) is 49.6 Å². The van der Waals surface area contributed by atoms with Gasteiger partial charge < -0.3 is 4.74 Å². The standard InChI is InChI=1S/C13H18N2O4S/c1-19-12(17)11-15-9(7-20-11)10(16)14(13(15)18)8-5-3-2-4-6-8/h8-9,11H,2-7H2,1H3/t9-,11?/m0/s1. The van der Waals surface area contributed by atoms with Gasteiger partial charge >= 0.3 is 12.0 Å². The van der Waals surface area contributed by atoms with E-state index in [1.807, 2.05) is 0 Å². The fourth-order valence-corrected chi connectivity index (χ4v) is 4.56. The summed E-state index contributed by atoms with van der Waals surface area (Å²) in [5.74, 6) is -0.113. The molecule has 1 saturated carbocycles. The minimum absolute atomic E-state index is 0.0117. The molecule has 3 amide bonds. The monoisotopic (exact) mass is 298 g/mol. The zero-order chi connectivity index (χ0) is 14.3. The molecule has 1 unspecified atom stereocenters. The molecule has 0 radical (unpaired) electrons. The Balaban J connectivity index is 1.81. The molecule has 110 valence electrons. The van der Waals surface area contributed by atoms with Crippen LogP contribution in [0.5, 0.6) is 0 Å². The van der Waals surface area contributed by atoms with E-state index < -0.39 is 17.4 Å². The Hall–Kier alpha value is -1.24. The summed E-state index contributed by atoms with van der Waals surface area (Å²) in [6, 6.07) is -0.788. The number of hydrogen-bond donors (Lipinski definition) is 0. The van der Waals surface area contributed by atoms with E-state index in [1.54, 1.807) is 0 Å². The predicted molar refractivity (Wildman–Crippen MR) is 73.0 cm³/mol. The fourth-order valence-electron chi connectivity index (χ4n) is 3.27. The second kappa shape index (κ2) is 5.27. The number of imide groups is 1. The maximum atomic E-state index is 12.5. The van der Waals surface area contributed by atoms with Crippen molar-refractivity contribution in [3.8, 4) is 0 Å². The molecule has 0 aromatic heterocycles. The topological polar surface area (TPSA) is 66.9 Å². The zero-order valence-electron chi connectivity index (χ0n) is 11.4. The van der Waals surface area contributed by atoms with Crippen LogP contribution in [0.2, 0.25) is 0 Å². The average Bonchev–Trinajstić information content (AvgIpc) is 3.01. The molecule has 0 bridgehead atoms. The molecule has 2 aliphatic heterocycles. The molecule has 7 heteroatoms. The minimum Gasteiger partial charge on any atom is -0.467 e. The first-order chi connectivity index (χ1) is 9.65. The van der Waals surface area contributed by atoms with Gasteiger partial charge in [-0.1, -0.05) is 19.3 Å². The number of nitrogens with zero attached hydrogens (tertiary/aromatic N) is 2. The summed E-state index contributed by atoms with van der Waals surface area (Å²) in [5, 5.41) is -0.671. The van der Waals surface area contributed by atoms with Crippen molar-refractivity contribution in [2.24, 2.45) is 0 Å². The van der Waals surface area contributed by atoms with E-state index in [0.29, 0.717) is 5.75 Å². The predicted octanol–water partition coefficient (Wildman–Crippen LogP) is 1.20. The van der Waals surface area contributed by atoms with E-state index in [0.717, 1.165) is 25.7 Å². The van der Waals surface area contributed by atoms with Gasteiger partial charge in [-0.15, -0.1) is 11.8 Å². The molecule has 2 heterocycles. The van der Waals surface area contributed by atoms with Crippen LogP contribution in [0.4, 0.5) is 4.79 Å². The fraction of sp³-hybridized carbons (Fsp3) is 0.769. The number of carbonyl (C=O) groups is 3. The third kappa shape index (κ3) is 1.99.